The van der Waals surface area contributed by atoms with Crippen molar-refractivity contribution < 1.29 is 8.42 Å². The number of sulfonamides is 1. The molecule has 1 aromatic rings. The fraction of sp³-hybridized carbons (Fsp3) is 0.571. The molecule has 0 amide bonds. The van der Waals surface area contributed by atoms with E-state index >= 15 is 0 Å². The first-order chi connectivity index (χ1) is 9.67. The number of benzene rings is 1. The van der Waals surface area contributed by atoms with Gasteiger partial charge in [-0.15, -0.1) is 0 Å². The number of hydrogen-bond acceptors (Lipinski definition) is 4. The van der Waals surface area contributed by atoms with Crippen LogP contribution in [0.5, 0.6) is 0 Å². The first-order valence-electron chi connectivity index (χ1n) is 6.83. The molecular formula is C14H24BrN3O2S. The van der Waals surface area contributed by atoms with Crippen LogP contribution < -0.4 is 10.5 Å². The number of likely N-dealkylation sites (N-methyl/N-ethyl adjacent to an activating group) is 1. The van der Waals surface area contributed by atoms with Gasteiger partial charge in [-0.3, -0.25) is 0 Å². The molecule has 0 heterocycles. The summed E-state index contributed by atoms with van der Waals surface area (Å²) in [4.78, 5) is 2.21. The summed E-state index contributed by atoms with van der Waals surface area (Å²) >= 11 is 3.32. The van der Waals surface area contributed by atoms with Gasteiger partial charge in [0.1, 0.15) is 0 Å². The molecule has 0 fully saturated rings. The molecule has 0 saturated heterocycles. The van der Waals surface area contributed by atoms with Gasteiger partial charge < -0.3 is 10.6 Å². The molecule has 1 rings (SSSR count). The van der Waals surface area contributed by atoms with Crippen molar-refractivity contribution in [3.8, 4) is 0 Å². The minimum absolute atomic E-state index is 0.147. The summed E-state index contributed by atoms with van der Waals surface area (Å²) in [6.07, 6.45) is 0. The highest BCUT2D eigenvalue weighted by molar-refractivity contribution is 9.10. The number of hydrogen-bond donors (Lipinski definition) is 2. The van der Waals surface area contributed by atoms with E-state index in [4.69, 9.17) is 5.73 Å². The van der Waals surface area contributed by atoms with Gasteiger partial charge in [0, 0.05) is 23.6 Å². The second-order valence-electron chi connectivity index (χ2n) is 5.70. The molecule has 1 aromatic carbocycles. The first-order valence-corrected chi connectivity index (χ1v) is 9.10. The highest BCUT2D eigenvalue weighted by Crippen LogP contribution is 2.24. The fourth-order valence-electron chi connectivity index (χ4n) is 1.93. The molecule has 0 spiro atoms. The summed E-state index contributed by atoms with van der Waals surface area (Å²) in [7, 11) is 0.282. The summed E-state index contributed by atoms with van der Waals surface area (Å²) in [5, 5.41) is 0. The van der Waals surface area contributed by atoms with E-state index in [0.717, 1.165) is 5.56 Å². The lowest BCUT2D eigenvalue weighted by Gasteiger charge is -2.25. The van der Waals surface area contributed by atoms with Crippen molar-refractivity contribution in [2.24, 2.45) is 11.7 Å². The Kier molecular flexibility index (Phi) is 6.80. The predicted octanol–water partition coefficient (Wildman–Crippen LogP) is 1.77. The molecule has 21 heavy (non-hydrogen) atoms. The number of nitrogens with one attached hydrogen (secondary N) is 1. The van der Waals surface area contributed by atoms with Crippen LogP contribution in [0.3, 0.4) is 0 Å². The zero-order valence-electron chi connectivity index (χ0n) is 12.9. The molecule has 0 aliphatic heterocycles. The Morgan fingerprint density at radius 1 is 1.33 bits per heavy atom. The minimum atomic E-state index is -3.57. The highest BCUT2D eigenvalue weighted by Gasteiger charge is 2.24. The molecule has 5 nitrogen and oxygen atoms in total. The predicted molar refractivity (Wildman–Crippen MR) is 89.5 cm³/mol. The fourth-order valence-corrected chi connectivity index (χ4v) is 4.43. The average molecular weight is 378 g/mol. The summed E-state index contributed by atoms with van der Waals surface area (Å²) < 4.78 is 28.4. The Hall–Kier alpha value is -0.470. The lowest BCUT2D eigenvalue weighted by atomic mass is 10.1. The molecule has 0 saturated carbocycles. The van der Waals surface area contributed by atoms with Crippen molar-refractivity contribution in [3.05, 3.63) is 28.2 Å². The van der Waals surface area contributed by atoms with Crippen LogP contribution in [0.15, 0.2) is 27.6 Å². The lowest BCUT2D eigenvalue weighted by molar-refractivity contribution is 0.314. The van der Waals surface area contributed by atoms with Crippen LogP contribution in [0.4, 0.5) is 0 Å². The third-order valence-electron chi connectivity index (χ3n) is 3.19. The zero-order valence-corrected chi connectivity index (χ0v) is 15.3. The van der Waals surface area contributed by atoms with Gasteiger partial charge in [0.05, 0.1) is 4.90 Å². The van der Waals surface area contributed by atoms with Gasteiger partial charge in [0.2, 0.25) is 10.0 Å². The second-order valence-corrected chi connectivity index (χ2v) is 8.24. The van der Waals surface area contributed by atoms with Gasteiger partial charge in [0.15, 0.2) is 0 Å². The summed E-state index contributed by atoms with van der Waals surface area (Å²) in [6, 6.07) is 4.91. The Balaban J connectivity index is 3.04. The van der Waals surface area contributed by atoms with Crippen molar-refractivity contribution in [2.45, 2.75) is 31.3 Å². The summed E-state index contributed by atoms with van der Waals surface area (Å²) in [6.45, 7) is 5.03. The topological polar surface area (TPSA) is 75.4 Å². The third-order valence-corrected chi connectivity index (χ3v) is 5.66. The first kappa shape index (κ1) is 18.6. The SMILES string of the molecule is CC(C)C(CN(C)C)NS(=O)(=O)c1ccc(CN)cc1Br. The van der Waals surface area contributed by atoms with Crippen molar-refractivity contribution >= 4 is 26.0 Å². The van der Waals surface area contributed by atoms with Gasteiger partial charge in [-0.1, -0.05) is 19.9 Å². The van der Waals surface area contributed by atoms with E-state index in [1.54, 1.807) is 18.2 Å². The minimum Gasteiger partial charge on any atom is -0.326 e. The Bertz CT molecular complexity index is 574. The van der Waals surface area contributed by atoms with Gasteiger partial charge in [0.25, 0.3) is 0 Å². The Morgan fingerprint density at radius 2 is 1.95 bits per heavy atom. The number of halogens is 1. The van der Waals surface area contributed by atoms with E-state index in [-0.39, 0.29) is 16.9 Å². The average Bonchev–Trinajstić information content (AvgIpc) is 2.36. The van der Waals surface area contributed by atoms with Crippen LogP contribution in [0.1, 0.15) is 19.4 Å². The monoisotopic (exact) mass is 377 g/mol. The van der Waals surface area contributed by atoms with Crippen LogP contribution in [0, 0.1) is 5.92 Å². The lowest BCUT2D eigenvalue weighted by Crippen LogP contribution is -2.44. The smallest absolute Gasteiger partial charge is 0.241 e. The van der Waals surface area contributed by atoms with Crippen molar-refractivity contribution in [3.63, 3.8) is 0 Å². The summed E-state index contributed by atoms with van der Waals surface area (Å²) in [5.41, 5.74) is 6.45. The van der Waals surface area contributed by atoms with Gasteiger partial charge in [-0.2, -0.15) is 0 Å². The van der Waals surface area contributed by atoms with Crippen LogP contribution >= 0.6 is 15.9 Å². The third kappa shape index (κ3) is 5.34. The van der Waals surface area contributed by atoms with Crippen molar-refractivity contribution in [2.75, 3.05) is 20.6 Å². The number of nitrogens with zero attached hydrogens (tertiary/aromatic N) is 1. The molecule has 7 heteroatoms. The standard InChI is InChI=1S/C14H24BrN3O2S/c1-10(2)13(9-18(3)4)17-21(19,20)14-6-5-11(8-16)7-12(14)15/h5-7,10,13,17H,8-9,16H2,1-4H3. The maximum atomic E-state index is 12.6. The molecule has 1 unspecified atom stereocenters. The van der Waals surface area contributed by atoms with Crippen LogP contribution in [-0.4, -0.2) is 40.0 Å². The molecule has 0 radical (unpaired) electrons. The van der Waals surface area contributed by atoms with E-state index < -0.39 is 10.0 Å². The van der Waals surface area contributed by atoms with Gasteiger partial charge in [-0.25, -0.2) is 13.1 Å². The quantitative estimate of drug-likeness (QED) is 0.758. The van der Waals surface area contributed by atoms with E-state index in [1.807, 2.05) is 32.8 Å². The molecular weight excluding hydrogens is 354 g/mol. The molecule has 0 aliphatic rings. The molecule has 0 aliphatic carbocycles. The van der Waals surface area contributed by atoms with Crippen LogP contribution in [-0.2, 0) is 16.6 Å². The van der Waals surface area contributed by atoms with Crippen molar-refractivity contribution in [1.29, 1.82) is 0 Å². The molecule has 3 N–H and O–H groups in total. The Labute approximate surface area is 136 Å². The molecule has 0 aromatic heterocycles. The molecule has 1 atom stereocenters. The largest absolute Gasteiger partial charge is 0.326 e. The van der Waals surface area contributed by atoms with Gasteiger partial charge in [-0.05, 0) is 53.6 Å². The maximum absolute atomic E-state index is 12.6. The molecule has 120 valence electrons. The van der Waals surface area contributed by atoms with E-state index in [0.29, 0.717) is 17.6 Å². The second kappa shape index (κ2) is 7.69. The van der Waals surface area contributed by atoms with Crippen LogP contribution in [0.25, 0.3) is 0 Å². The summed E-state index contributed by atoms with van der Waals surface area (Å²) in [5.74, 6) is 0.198. The van der Waals surface area contributed by atoms with Crippen LogP contribution in [0.2, 0.25) is 0 Å². The number of nitrogens with two attached hydrogens (primary N) is 1. The van der Waals surface area contributed by atoms with Crippen molar-refractivity contribution in [1.82, 2.24) is 9.62 Å². The zero-order chi connectivity index (χ0) is 16.2. The molecule has 0 bridgehead atoms. The van der Waals surface area contributed by atoms with E-state index in [9.17, 15) is 8.42 Å². The van der Waals surface area contributed by atoms with E-state index in [1.165, 1.54) is 0 Å². The Morgan fingerprint density at radius 3 is 2.38 bits per heavy atom. The highest BCUT2D eigenvalue weighted by atomic mass is 79.9. The van der Waals surface area contributed by atoms with E-state index in [2.05, 4.69) is 20.7 Å². The number of rotatable bonds is 7. The maximum Gasteiger partial charge on any atom is 0.241 e. The van der Waals surface area contributed by atoms with Gasteiger partial charge >= 0.3 is 0 Å². The normalized spacial score (nSPS) is 13.9.